The summed E-state index contributed by atoms with van der Waals surface area (Å²) in [4.78, 5) is 24.8. The van der Waals surface area contributed by atoms with Crippen LogP contribution in [-0.2, 0) is 9.59 Å². The monoisotopic (exact) mass is 335 g/mol. The maximum absolute atomic E-state index is 12.1. The standard InChI is InChI=1S/C13H12Cl3NO3/c1-7(13(19)17-4-2-3-11(17)18)20-12-9(15)5-8(14)6-10(12)16/h5-7H,2-4H2,1H3. The van der Waals surface area contributed by atoms with E-state index >= 15 is 0 Å². The number of ether oxygens (including phenoxy) is 1. The normalized spacial score (nSPS) is 16.4. The van der Waals surface area contributed by atoms with Crippen LogP contribution in [-0.4, -0.2) is 29.4 Å². The van der Waals surface area contributed by atoms with E-state index in [0.717, 1.165) is 0 Å². The van der Waals surface area contributed by atoms with E-state index in [0.29, 0.717) is 24.4 Å². The molecule has 1 aliphatic heterocycles. The molecule has 0 aliphatic carbocycles. The van der Waals surface area contributed by atoms with Gasteiger partial charge in [0.05, 0.1) is 10.0 Å². The summed E-state index contributed by atoms with van der Waals surface area (Å²) in [5.41, 5.74) is 0. The summed E-state index contributed by atoms with van der Waals surface area (Å²) >= 11 is 17.8. The smallest absolute Gasteiger partial charge is 0.269 e. The lowest BCUT2D eigenvalue weighted by molar-refractivity contribution is -0.146. The van der Waals surface area contributed by atoms with Crippen LogP contribution in [0.3, 0.4) is 0 Å². The zero-order valence-electron chi connectivity index (χ0n) is 10.7. The molecule has 1 aromatic carbocycles. The Bertz CT molecular complexity index is 539. The highest BCUT2D eigenvalue weighted by molar-refractivity contribution is 6.40. The number of imide groups is 1. The number of nitrogens with zero attached hydrogens (tertiary/aromatic N) is 1. The molecular formula is C13H12Cl3NO3. The summed E-state index contributed by atoms with van der Waals surface area (Å²) in [5.74, 6) is -0.390. The predicted molar refractivity (Wildman–Crippen MR) is 77.5 cm³/mol. The molecule has 1 saturated heterocycles. The Kier molecular flexibility index (Phi) is 4.78. The first-order chi connectivity index (χ1) is 9.40. The minimum absolute atomic E-state index is 0.182. The Morgan fingerprint density at radius 1 is 1.30 bits per heavy atom. The maximum Gasteiger partial charge on any atom is 0.269 e. The van der Waals surface area contributed by atoms with Gasteiger partial charge >= 0.3 is 0 Å². The number of carbonyl (C=O) groups excluding carboxylic acids is 2. The van der Waals surface area contributed by atoms with E-state index in [9.17, 15) is 9.59 Å². The van der Waals surface area contributed by atoms with Crippen LogP contribution in [0.2, 0.25) is 15.1 Å². The average Bonchev–Trinajstić information content (AvgIpc) is 2.78. The molecule has 0 bridgehead atoms. The Labute approximate surface area is 131 Å². The lowest BCUT2D eigenvalue weighted by Crippen LogP contribution is -2.41. The summed E-state index contributed by atoms with van der Waals surface area (Å²) in [6.45, 7) is 1.97. The van der Waals surface area contributed by atoms with Crippen molar-refractivity contribution in [3.8, 4) is 5.75 Å². The third kappa shape index (κ3) is 3.19. The van der Waals surface area contributed by atoms with Crippen molar-refractivity contribution in [2.75, 3.05) is 6.54 Å². The summed E-state index contributed by atoms with van der Waals surface area (Å²) in [7, 11) is 0. The molecule has 7 heteroatoms. The fraction of sp³-hybridized carbons (Fsp3) is 0.385. The number of hydrogen-bond donors (Lipinski definition) is 0. The van der Waals surface area contributed by atoms with Gasteiger partial charge in [0.2, 0.25) is 5.91 Å². The minimum Gasteiger partial charge on any atom is -0.478 e. The second kappa shape index (κ2) is 6.20. The zero-order valence-corrected chi connectivity index (χ0v) is 12.9. The fourth-order valence-corrected chi connectivity index (χ4v) is 2.88. The number of halogens is 3. The maximum atomic E-state index is 12.1. The van der Waals surface area contributed by atoms with Gasteiger partial charge in [0.1, 0.15) is 0 Å². The minimum atomic E-state index is -0.853. The molecule has 1 heterocycles. The third-order valence-electron chi connectivity index (χ3n) is 2.94. The van der Waals surface area contributed by atoms with Crippen molar-refractivity contribution < 1.29 is 14.3 Å². The highest BCUT2D eigenvalue weighted by atomic mass is 35.5. The van der Waals surface area contributed by atoms with Crippen molar-refractivity contribution in [2.45, 2.75) is 25.9 Å². The van der Waals surface area contributed by atoms with Crippen LogP contribution >= 0.6 is 34.8 Å². The molecule has 0 spiro atoms. The van der Waals surface area contributed by atoms with E-state index in [4.69, 9.17) is 39.5 Å². The van der Waals surface area contributed by atoms with Gasteiger partial charge in [-0.1, -0.05) is 34.8 Å². The van der Waals surface area contributed by atoms with Gasteiger partial charge in [-0.15, -0.1) is 0 Å². The molecule has 2 rings (SSSR count). The van der Waals surface area contributed by atoms with E-state index in [-0.39, 0.29) is 21.7 Å². The van der Waals surface area contributed by atoms with E-state index in [2.05, 4.69) is 0 Å². The van der Waals surface area contributed by atoms with Crippen LogP contribution in [0, 0.1) is 0 Å². The van der Waals surface area contributed by atoms with Crippen molar-refractivity contribution in [3.05, 3.63) is 27.2 Å². The van der Waals surface area contributed by atoms with Gasteiger partial charge < -0.3 is 4.74 Å². The van der Waals surface area contributed by atoms with Crippen molar-refractivity contribution in [1.29, 1.82) is 0 Å². The highest BCUT2D eigenvalue weighted by Crippen LogP contribution is 2.36. The zero-order chi connectivity index (χ0) is 14.9. The first-order valence-corrected chi connectivity index (χ1v) is 7.19. The Morgan fingerprint density at radius 3 is 2.40 bits per heavy atom. The highest BCUT2D eigenvalue weighted by Gasteiger charge is 2.31. The number of benzene rings is 1. The second-order valence-electron chi connectivity index (χ2n) is 4.45. The molecule has 0 saturated carbocycles. The van der Waals surface area contributed by atoms with Gasteiger partial charge in [-0.2, -0.15) is 0 Å². The van der Waals surface area contributed by atoms with Crippen LogP contribution in [0.15, 0.2) is 12.1 Å². The first kappa shape index (κ1) is 15.4. The van der Waals surface area contributed by atoms with Crippen molar-refractivity contribution >= 4 is 46.6 Å². The molecule has 108 valence electrons. The number of carbonyl (C=O) groups is 2. The van der Waals surface area contributed by atoms with Crippen molar-refractivity contribution in [1.82, 2.24) is 4.90 Å². The molecular weight excluding hydrogens is 325 g/mol. The van der Waals surface area contributed by atoms with Crippen LogP contribution in [0.1, 0.15) is 19.8 Å². The predicted octanol–water partition coefficient (Wildman–Crippen LogP) is 3.56. The molecule has 0 N–H and O–H groups in total. The fourth-order valence-electron chi connectivity index (χ4n) is 1.97. The van der Waals surface area contributed by atoms with Gasteiger partial charge in [-0.3, -0.25) is 14.5 Å². The first-order valence-electron chi connectivity index (χ1n) is 6.05. The van der Waals surface area contributed by atoms with Crippen LogP contribution in [0.5, 0.6) is 5.75 Å². The van der Waals surface area contributed by atoms with Crippen molar-refractivity contribution in [2.24, 2.45) is 0 Å². The molecule has 0 radical (unpaired) electrons. The Hall–Kier alpha value is -0.970. The van der Waals surface area contributed by atoms with E-state index in [1.165, 1.54) is 17.0 Å². The van der Waals surface area contributed by atoms with Gasteiger partial charge in [0.25, 0.3) is 5.91 Å². The molecule has 20 heavy (non-hydrogen) atoms. The van der Waals surface area contributed by atoms with Crippen LogP contribution in [0.25, 0.3) is 0 Å². The number of rotatable bonds is 3. The molecule has 1 aromatic rings. The molecule has 1 unspecified atom stereocenters. The average molecular weight is 337 g/mol. The molecule has 2 amide bonds. The number of hydrogen-bond acceptors (Lipinski definition) is 3. The number of likely N-dealkylation sites (tertiary alicyclic amines) is 1. The molecule has 1 atom stereocenters. The molecule has 0 aromatic heterocycles. The largest absolute Gasteiger partial charge is 0.478 e. The Morgan fingerprint density at radius 2 is 1.90 bits per heavy atom. The molecule has 1 fully saturated rings. The SMILES string of the molecule is CC(Oc1c(Cl)cc(Cl)cc1Cl)C(=O)N1CCCC1=O. The van der Waals surface area contributed by atoms with Crippen LogP contribution < -0.4 is 4.74 Å². The summed E-state index contributed by atoms with van der Waals surface area (Å²) in [5, 5.41) is 0.811. The summed E-state index contributed by atoms with van der Waals surface area (Å²) in [6.07, 6.45) is 0.217. The van der Waals surface area contributed by atoms with E-state index in [1.807, 2.05) is 0 Å². The van der Waals surface area contributed by atoms with Crippen molar-refractivity contribution in [3.63, 3.8) is 0 Å². The summed E-state index contributed by atoms with van der Waals surface area (Å²) < 4.78 is 5.49. The second-order valence-corrected chi connectivity index (χ2v) is 5.70. The molecule has 1 aliphatic rings. The quantitative estimate of drug-likeness (QED) is 0.848. The lowest BCUT2D eigenvalue weighted by Gasteiger charge is -2.21. The van der Waals surface area contributed by atoms with Gasteiger partial charge in [0, 0.05) is 18.0 Å². The van der Waals surface area contributed by atoms with Crippen LogP contribution in [0.4, 0.5) is 0 Å². The topological polar surface area (TPSA) is 46.6 Å². The van der Waals surface area contributed by atoms with E-state index in [1.54, 1.807) is 6.92 Å². The summed E-state index contributed by atoms with van der Waals surface area (Å²) in [6, 6.07) is 2.95. The Balaban J connectivity index is 2.14. The third-order valence-corrected chi connectivity index (χ3v) is 3.72. The van der Waals surface area contributed by atoms with Gasteiger partial charge in [-0.25, -0.2) is 0 Å². The van der Waals surface area contributed by atoms with E-state index < -0.39 is 12.0 Å². The van der Waals surface area contributed by atoms with Gasteiger partial charge in [-0.05, 0) is 25.5 Å². The lowest BCUT2D eigenvalue weighted by atomic mass is 10.3. The molecule has 4 nitrogen and oxygen atoms in total. The number of amides is 2. The van der Waals surface area contributed by atoms with Gasteiger partial charge in [0.15, 0.2) is 11.9 Å².